The van der Waals surface area contributed by atoms with Crippen LogP contribution in [0.2, 0.25) is 0 Å². The van der Waals surface area contributed by atoms with Gasteiger partial charge in [-0.3, -0.25) is 9.36 Å². The third-order valence-electron chi connectivity index (χ3n) is 1.90. The highest BCUT2D eigenvalue weighted by atomic mass is 16.1. The number of hydrogen-bond acceptors (Lipinski definition) is 1. The first kappa shape index (κ1) is 3.63. The van der Waals surface area contributed by atoms with Crippen LogP contribution < -0.4 is 5.56 Å². The van der Waals surface area contributed by atoms with Crippen LogP contribution in [0.15, 0.2) is 47.2 Å². The number of aryl methyl sites for hydroxylation is 1. The fourth-order valence-electron chi connectivity index (χ4n) is 1.10. The average molecular weight is 208 g/mol. The van der Waals surface area contributed by atoms with Crippen molar-refractivity contribution in [3.63, 3.8) is 0 Å². The maximum Gasteiger partial charge on any atom is 0.255 e. The molecule has 0 amide bonds. The topological polar surface area (TPSA) is 22.0 Å². The Balaban J connectivity index is 3.00. The van der Waals surface area contributed by atoms with Gasteiger partial charge in [0.15, 0.2) is 0 Å². The molecule has 1 heterocycles. The lowest BCUT2D eigenvalue weighted by Gasteiger charge is -2.07. The first-order chi connectivity index (χ1) is 10.9. The molecule has 2 nitrogen and oxygen atoms in total. The van der Waals surface area contributed by atoms with Gasteiger partial charge >= 0.3 is 0 Å². The summed E-state index contributed by atoms with van der Waals surface area (Å²) in [6.07, 6.45) is 0.913. The lowest BCUT2D eigenvalue weighted by molar-refractivity contribution is 0.966. The lowest BCUT2D eigenvalue weighted by atomic mass is 10.2. The normalized spacial score (nSPS) is 19.7. The van der Waals surface area contributed by atoms with Crippen molar-refractivity contribution in [3.05, 3.63) is 63.9 Å². The second kappa shape index (κ2) is 3.73. The van der Waals surface area contributed by atoms with Crippen LogP contribution in [-0.2, 0) is 0 Å². The maximum absolute atomic E-state index is 12.3. The van der Waals surface area contributed by atoms with Gasteiger partial charge < -0.3 is 0 Å². The minimum absolute atomic E-state index is 0.0383. The van der Waals surface area contributed by atoms with E-state index in [0.29, 0.717) is 4.57 Å². The Labute approximate surface area is 101 Å². The molecule has 0 saturated heterocycles. The van der Waals surface area contributed by atoms with E-state index in [9.17, 15) is 4.79 Å². The molecule has 0 unspecified atom stereocenters. The van der Waals surface area contributed by atoms with Crippen molar-refractivity contribution in [3.8, 4) is 5.69 Å². The van der Waals surface area contributed by atoms with Crippen molar-refractivity contribution < 1.29 is 12.3 Å². The van der Waals surface area contributed by atoms with Crippen molar-refractivity contribution in [2.24, 2.45) is 0 Å². The Hall–Kier alpha value is -1.83. The number of pyridine rings is 1. The molecule has 15 heavy (non-hydrogen) atoms. The Morgan fingerprint density at radius 2 is 2.00 bits per heavy atom. The highest BCUT2D eigenvalue weighted by Crippen LogP contribution is 2.07. The van der Waals surface area contributed by atoms with E-state index in [0.717, 1.165) is 6.20 Å². The summed E-state index contributed by atoms with van der Waals surface area (Å²) in [6.45, 7) is -1.31. The summed E-state index contributed by atoms with van der Waals surface area (Å²) < 4.78 is 69.6. The summed E-state index contributed by atoms with van der Waals surface area (Å²) in [7, 11) is 0. The molecule has 1 aromatic carbocycles. The van der Waals surface area contributed by atoms with Crippen molar-refractivity contribution in [1.82, 2.24) is 4.57 Å². The van der Waals surface area contributed by atoms with Crippen molar-refractivity contribution in [2.75, 3.05) is 0 Å². The van der Waals surface area contributed by atoms with E-state index in [-0.39, 0.29) is 11.1 Å². The van der Waals surface area contributed by atoms with Crippen LogP contribution >= 0.6 is 0 Å². The van der Waals surface area contributed by atoms with E-state index in [4.69, 9.17) is 12.3 Å². The highest BCUT2D eigenvalue weighted by Gasteiger charge is 2.01. The van der Waals surface area contributed by atoms with Crippen LogP contribution in [0.1, 0.15) is 23.5 Å². The number of para-hydroxylation sites is 1. The third-order valence-corrected chi connectivity index (χ3v) is 1.90. The Morgan fingerprint density at radius 3 is 2.67 bits per heavy atom. The minimum Gasteiger partial charge on any atom is -0.284 e. The van der Waals surface area contributed by atoms with Gasteiger partial charge in [-0.15, -0.1) is 0 Å². The van der Waals surface area contributed by atoms with Crippen LogP contribution in [0.4, 0.5) is 0 Å². The number of hydrogen-bond donors (Lipinski definition) is 0. The van der Waals surface area contributed by atoms with E-state index in [2.05, 4.69) is 0 Å². The van der Waals surface area contributed by atoms with E-state index in [1.165, 1.54) is 6.92 Å². The molecule has 76 valence electrons. The number of benzene rings is 1. The summed E-state index contributed by atoms with van der Waals surface area (Å²) in [6, 6.07) is -3.84. The number of nitrogens with zero attached hydrogens (tertiary/aromatic N) is 1. The fraction of sp³-hybridized carbons (Fsp3) is 0.154. The van der Waals surface area contributed by atoms with E-state index < -0.39 is 54.4 Å². The van der Waals surface area contributed by atoms with Gasteiger partial charge in [0.05, 0.1) is 8.22 Å². The zero-order valence-corrected chi connectivity index (χ0v) is 7.93. The van der Waals surface area contributed by atoms with Crippen LogP contribution in [0, 0.1) is 13.8 Å². The molecule has 0 atom stereocenters. The third kappa shape index (κ3) is 1.84. The van der Waals surface area contributed by atoms with Crippen LogP contribution in [0.5, 0.6) is 0 Å². The summed E-state index contributed by atoms with van der Waals surface area (Å²) in [5, 5.41) is 0. The van der Waals surface area contributed by atoms with Crippen LogP contribution in [-0.4, -0.2) is 4.57 Å². The molecule has 0 radical (unpaired) electrons. The predicted octanol–water partition coefficient (Wildman–Crippen LogP) is 2.45. The molecular weight excluding hydrogens is 186 g/mol. The van der Waals surface area contributed by atoms with Gasteiger partial charge in [0, 0.05) is 22.0 Å². The van der Waals surface area contributed by atoms with E-state index >= 15 is 0 Å². The van der Waals surface area contributed by atoms with Crippen molar-refractivity contribution in [2.45, 2.75) is 13.8 Å². The largest absolute Gasteiger partial charge is 0.284 e. The second-order valence-electron chi connectivity index (χ2n) is 2.94. The van der Waals surface area contributed by atoms with E-state index in [1.54, 1.807) is 0 Å². The Kier molecular flexibility index (Phi) is 0.904. The summed E-state index contributed by atoms with van der Waals surface area (Å²) >= 11 is 0. The number of rotatable bonds is 1. The molecule has 2 rings (SSSR count). The molecule has 0 spiro atoms. The first-order valence-corrected chi connectivity index (χ1v) is 4.20. The van der Waals surface area contributed by atoms with Crippen molar-refractivity contribution in [1.29, 1.82) is 0 Å². The molecular formula is C13H13NO. The Morgan fingerprint density at radius 1 is 1.27 bits per heavy atom. The summed E-state index contributed by atoms with van der Waals surface area (Å²) in [5.74, 6) is 0. The van der Waals surface area contributed by atoms with Gasteiger partial charge in [-0.05, 0) is 37.0 Å². The molecule has 0 fully saturated rings. The summed E-state index contributed by atoms with van der Waals surface area (Å²) in [5.41, 5.74) is -1.77. The number of aromatic nitrogens is 1. The SMILES string of the molecule is [2H]c1c([2H])c([2H])c(-n2cc(C([2H])([2H])[2H])c(C)c([2H])c2=O)c([2H])c1[2H]. The minimum atomic E-state index is -2.62. The maximum atomic E-state index is 12.3. The van der Waals surface area contributed by atoms with Gasteiger partial charge in [0.25, 0.3) is 5.56 Å². The predicted molar refractivity (Wildman–Crippen MR) is 61.5 cm³/mol. The smallest absolute Gasteiger partial charge is 0.255 e. The van der Waals surface area contributed by atoms with Gasteiger partial charge in [0.2, 0.25) is 0 Å². The first-order valence-electron chi connectivity index (χ1n) is 8.70. The molecule has 0 bridgehead atoms. The summed E-state index contributed by atoms with van der Waals surface area (Å²) in [4.78, 5) is 12.3. The monoisotopic (exact) mass is 208 g/mol. The lowest BCUT2D eigenvalue weighted by Crippen LogP contribution is -2.17. The molecule has 1 aromatic heterocycles. The Bertz CT molecular complexity index is 869. The fourth-order valence-corrected chi connectivity index (χ4v) is 1.10. The molecule has 0 N–H and O–H groups in total. The van der Waals surface area contributed by atoms with Gasteiger partial charge in [0.1, 0.15) is 0 Å². The molecule has 2 aromatic rings. The van der Waals surface area contributed by atoms with Gasteiger partial charge in [-0.25, -0.2) is 0 Å². The quantitative estimate of drug-likeness (QED) is 0.705. The molecule has 0 aliphatic carbocycles. The van der Waals surface area contributed by atoms with Crippen LogP contribution in [0.25, 0.3) is 5.69 Å². The van der Waals surface area contributed by atoms with Gasteiger partial charge in [-0.2, -0.15) is 0 Å². The average Bonchev–Trinajstić information content (AvgIpc) is 2.49. The van der Waals surface area contributed by atoms with Crippen LogP contribution in [0.3, 0.4) is 0 Å². The molecule has 0 aliphatic heterocycles. The second-order valence-corrected chi connectivity index (χ2v) is 2.94. The van der Waals surface area contributed by atoms with Gasteiger partial charge in [-0.1, -0.05) is 18.1 Å². The molecule has 2 heteroatoms. The zero-order valence-electron chi connectivity index (χ0n) is 16.9. The van der Waals surface area contributed by atoms with E-state index in [1.807, 2.05) is 0 Å². The standard InChI is InChI=1S/C13H13NO/c1-10-8-13(15)14(9-11(10)2)12-6-4-3-5-7-12/h3-9H,1-2H3/i2D3,3D,4D,5D,6D,7D,8D. The molecule has 0 aliphatic rings. The zero-order chi connectivity index (χ0) is 18.6. The molecule has 0 saturated carbocycles. The van der Waals surface area contributed by atoms with Crippen molar-refractivity contribution >= 4 is 0 Å². The highest BCUT2D eigenvalue weighted by molar-refractivity contribution is 5.34.